The number of furan rings is 1. The van der Waals surface area contributed by atoms with Crippen LogP contribution in [-0.4, -0.2) is 26.1 Å². The molecule has 0 saturated carbocycles. The van der Waals surface area contributed by atoms with E-state index in [2.05, 4.69) is 21.4 Å². The molecule has 160 valence electrons. The lowest BCUT2D eigenvalue weighted by atomic mass is 10.1. The summed E-state index contributed by atoms with van der Waals surface area (Å²) in [6.45, 7) is 0. The number of nitro groups is 1. The lowest BCUT2D eigenvalue weighted by Gasteiger charge is -2.15. The number of carbonyl (C=O) groups excluding carboxylic acids is 2. The molecule has 0 aliphatic carbocycles. The fourth-order valence-corrected chi connectivity index (χ4v) is 4.22. The van der Waals surface area contributed by atoms with E-state index in [4.69, 9.17) is 16.6 Å². The first-order valence-corrected chi connectivity index (χ1v) is 11.0. The molecule has 0 unspecified atom stereocenters. The maximum Gasteiger partial charge on any atom is 0.285 e. The molecular formula is C21H12BrN3O5S2. The maximum atomic E-state index is 12.7. The topological polar surface area (TPSA) is 106 Å². The van der Waals surface area contributed by atoms with Gasteiger partial charge in [-0.15, -0.1) is 0 Å². The highest BCUT2D eigenvalue weighted by Crippen LogP contribution is 2.33. The minimum absolute atomic E-state index is 0.0191. The number of non-ortho nitro benzene ring substituents is 1. The second kappa shape index (κ2) is 9.07. The Morgan fingerprint density at radius 1 is 1.12 bits per heavy atom. The molecule has 0 bridgehead atoms. The van der Waals surface area contributed by atoms with Gasteiger partial charge in [-0.05, 0) is 60.7 Å². The predicted molar refractivity (Wildman–Crippen MR) is 127 cm³/mol. The normalized spacial score (nSPS) is 14.8. The molecule has 1 aromatic heterocycles. The van der Waals surface area contributed by atoms with Gasteiger partial charge in [-0.2, -0.15) is 5.01 Å². The summed E-state index contributed by atoms with van der Waals surface area (Å²) in [6, 6.07) is 16.0. The number of rotatable bonds is 5. The zero-order valence-electron chi connectivity index (χ0n) is 16.0. The zero-order valence-corrected chi connectivity index (χ0v) is 19.2. The number of hydrazine groups is 1. The van der Waals surface area contributed by atoms with E-state index >= 15 is 0 Å². The quantitative estimate of drug-likeness (QED) is 0.210. The second-order valence-corrected chi connectivity index (χ2v) is 9.06. The van der Waals surface area contributed by atoms with E-state index in [1.54, 1.807) is 48.5 Å². The van der Waals surface area contributed by atoms with E-state index in [9.17, 15) is 19.7 Å². The SMILES string of the molecule is O=C(NN1C(=O)/C(=C\c2ccc(-c3ccc([N+](=O)[O-])cc3)o2)SC1=S)c1ccc(Br)cc1. The number of hydrogen-bond acceptors (Lipinski definition) is 7. The molecule has 1 saturated heterocycles. The van der Waals surface area contributed by atoms with Gasteiger partial charge in [0.15, 0.2) is 4.32 Å². The van der Waals surface area contributed by atoms with Crippen molar-refractivity contribution in [2.45, 2.75) is 0 Å². The minimum atomic E-state index is -0.477. The van der Waals surface area contributed by atoms with Crippen molar-refractivity contribution in [1.82, 2.24) is 10.4 Å². The summed E-state index contributed by atoms with van der Waals surface area (Å²) in [5, 5.41) is 11.8. The Balaban J connectivity index is 1.48. The summed E-state index contributed by atoms with van der Waals surface area (Å²) in [6.07, 6.45) is 1.53. The van der Waals surface area contributed by atoms with Crippen LogP contribution in [0, 0.1) is 10.1 Å². The van der Waals surface area contributed by atoms with Gasteiger partial charge < -0.3 is 4.42 Å². The summed E-state index contributed by atoms with van der Waals surface area (Å²) in [7, 11) is 0. The number of thiocarbonyl (C=S) groups is 1. The standard InChI is InChI=1S/C21H12BrN3O5S2/c22-14-5-1-13(2-6-14)19(26)23-24-20(27)18(32-21(24)31)11-16-9-10-17(30-16)12-3-7-15(8-4-12)25(28)29/h1-11H,(H,23,26)/b18-11+. The van der Waals surface area contributed by atoms with Crippen molar-refractivity contribution in [3.63, 3.8) is 0 Å². The van der Waals surface area contributed by atoms with Crippen molar-refractivity contribution in [2.75, 3.05) is 0 Å². The molecule has 11 heteroatoms. The Bertz CT molecular complexity index is 1270. The number of nitrogens with zero attached hydrogens (tertiary/aromatic N) is 2. The first-order valence-electron chi connectivity index (χ1n) is 9.01. The first kappa shape index (κ1) is 21.9. The average molecular weight is 530 g/mol. The van der Waals surface area contributed by atoms with Crippen LogP contribution in [0.15, 0.2) is 74.5 Å². The Morgan fingerprint density at radius 3 is 2.47 bits per heavy atom. The molecule has 2 aromatic carbocycles. The van der Waals surface area contributed by atoms with Crippen molar-refractivity contribution in [3.8, 4) is 11.3 Å². The molecular weight excluding hydrogens is 518 g/mol. The number of amides is 2. The Morgan fingerprint density at radius 2 is 1.81 bits per heavy atom. The lowest BCUT2D eigenvalue weighted by Crippen LogP contribution is -2.44. The first-order chi connectivity index (χ1) is 15.3. The van der Waals surface area contributed by atoms with Gasteiger partial charge in [-0.3, -0.25) is 25.1 Å². The number of hydrogen-bond donors (Lipinski definition) is 1. The third-order valence-electron chi connectivity index (χ3n) is 4.38. The highest BCUT2D eigenvalue weighted by Gasteiger charge is 2.34. The number of carbonyl (C=O) groups is 2. The largest absolute Gasteiger partial charge is 0.457 e. The molecule has 1 aliphatic rings. The second-order valence-electron chi connectivity index (χ2n) is 6.47. The molecule has 1 N–H and O–H groups in total. The molecule has 1 aliphatic heterocycles. The molecule has 0 spiro atoms. The summed E-state index contributed by atoms with van der Waals surface area (Å²) < 4.78 is 6.76. The minimum Gasteiger partial charge on any atom is -0.457 e. The smallest absolute Gasteiger partial charge is 0.285 e. The summed E-state index contributed by atoms with van der Waals surface area (Å²) in [5.41, 5.74) is 3.53. The third kappa shape index (κ3) is 4.64. The van der Waals surface area contributed by atoms with Gasteiger partial charge in [0.05, 0.1) is 9.83 Å². The van der Waals surface area contributed by atoms with Crippen molar-refractivity contribution in [2.24, 2.45) is 0 Å². The predicted octanol–water partition coefficient (Wildman–Crippen LogP) is 5.16. The summed E-state index contributed by atoms with van der Waals surface area (Å²) in [5.74, 6) is -0.0458. The summed E-state index contributed by atoms with van der Waals surface area (Å²) in [4.78, 5) is 35.8. The van der Waals surface area contributed by atoms with Gasteiger partial charge in [0, 0.05) is 33.8 Å². The van der Waals surface area contributed by atoms with Crippen LogP contribution in [0.1, 0.15) is 16.1 Å². The van der Waals surface area contributed by atoms with Gasteiger partial charge in [0.1, 0.15) is 11.5 Å². The van der Waals surface area contributed by atoms with Gasteiger partial charge >= 0.3 is 0 Å². The van der Waals surface area contributed by atoms with Crippen molar-refractivity contribution >= 4 is 67.8 Å². The molecule has 3 aromatic rings. The maximum absolute atomic E-state index is 12.7. The average Bonchev–Trinajstić information content (AvgIpc) is 3.34. The number of nitro benzene ring substituents is 1. The molecule has 1 fully saturated rings. The highest BCUT2D eigenvalue weighted by atomic mass is 79.9. The molecule has 0 atom stereocenters. The van der Waals surface area contributed by atoms with Crippen molar-refractivity contribution < 1.29 is 18.9 Å². The van der Waals surface area contributed by atoms with E-state index in [1.807, 2.05) is 0 Å². The number of thioether (sulfide) groups is 1. The monoisotopic (exact) mass is 529 g/mol. The Kier molecular flexibility index (Phi) is 6.21. The van der Waals surface area contributed by atoms with E-state index in [0.717, 1.165) is 21.2 Å². The van der Waals surface area contributed by atoms with E-state index in [1.165, 1.54) is 18.2 Å². The van der Waals surface area contributed by atoms with Crippen molar-refractivity contribution in [3.05, 3.63) is 91.5 Å². The molecule has 2 heterocycles. The Hall–Kier alpha value is -3.28. The van der Waals surface area contributed by atoms with Gasteiger partial charge in [0.25, 0.3) is 17.5 Å². The Labute approximate surface area is 199 Å². The number of nitrogens with one attached hydrogen (secondary N) is 1. The molecule has 0 radical (unpaired) electrons. The van der Waals surface area contributed by atoms with Crippen LogP contribution in [0.5, 0.6) is 0 Å². The van der Waals surface area contributed by atoms with Crippen LogP contribution in [-0.2, 0) is 4.79 Å². The van der Waals surface area contributed by atoms with Crippen LogP contribution in [0.25, 0.3) is 17.4 Å². The molecule has 8 nitrogen and oxygen atoms in total. The zero-order chi connectivity index (χ0) is 22.8. The molecule has 32 heavy (non-hydrogen) atoms. The highest BCUT2D eigenvalue weighted by molar-refractivity contribution is 9.10. The van der Waals surface area contributed by atoms with Crippen LogP contribution in [0.4, 0.5) is 5.69 Å². The van der Waals surface area contributed by atoms with Gasteiger partial charge in [0.2, 0.25) is 0 Å². The lowest BCUT2D eigenvalue weighted by molar-refractivity contribution is -0.384. The summed E-state index contributed by atoms with van der Waals surface area (Å²) >= 11 is 9.58. The van der Waals surface area contributed by atoms with E-state index < -0.39 is 16.7 Å². The molecule has 4 rings (SSSR count). The van der Waals surface area contributed by atoms with E-state index in [0.29, 0.717) is 22.6 Å². The third-order valence-corrected chi connectivity index (χ3v) is 6.21. The van der Waals surface area contributed by atoms with E-state index in [-0.39, 0.29) is 14.9 Å². The van der Waals surface area contributed by atoms with Crippen LogP contribution >= 0.6 is 39.9 Å². The number of halogens is 1. The number of benzene rings is 2. The fourth-order valence-electron chi connectivity index (χ4n) is 2.79. The van der Waals surface area contributed by atoms with Gasteiger partial charge in [-0.25, -0.2) is 0 Å². The fraction of sp³-hybridized carbons (Fsp3) is 0. The van der Waals surface area contributed by atoms with Crippen LogP contribution in [0.2, 0.25) is 0 Å². The van der Waals surface area contributed by atoms with Crippen LogP contribution in [0.3, 0.4) is 0 Å². The van der Waals surface area contributed by atoms with Gasteiger partial charge in [-0.1, -0.05) is 27.7 Å². The van der Waals surface area contributed by atoms with Crippen molar-refractivity contribution in [1.29, 1.82) is 0 Å². The van der Waals surface area contributed by atoms with Crippen LogP contribution < -0.4 is 5.43 Å². The molecule has 2 amide bonds.